The average molecular weight is 249 g/mol. The van der Waals surface area contributed by atoms with Crippen molar-refractivity contribution in [2.24, 2.45) is 0 Å². The van der Waals surface area contributed by atoms with Gasteiger partial charge in [0.25, 0.3) is 0 Å². The number of pyridine rings is 1. The van der Waals surface area contributed by atoms with Crippen LogP contribution in [0.2, 0.25) is 0 Å². The molecule has 19 heavy (non-hydrogen) atoms. The summed E-state index contributed by atoms with van der Waals surface area (Å²) in [7, 11) is 0. The van der Waals surface area contributed by atoms with Gasteiger partial charge in [-0.1, -0.05) is 18.2 Å². The molecule has 0 atom stereocenters. The van der Waals surface area contributed by atoms with E-state index >= 15 is 0 Å². The van der Waals surface area contributed by atoms with Crippen LogP contribution in [0.25, 0.3) is 12.2 Å². The minimum absolute atomic E-state index is 0.152. The van der Waals surface area contributed by atoms with Crippen LogP contribution in [0.15, 0.2) is 24.4 Å². The van der Waals surface area contributed by atoms with Gasteiger partial charge in [0.15, 0.2) is 0 Å². The lowest BCUT2D eigenvalue weighted by Gasteiger charge is -2.00. The van der Waals surface area contributed by atoms with E-state index in [1.807, 2.05) is 6.07 Å². The van der Waals surface area contributed by atoms with Gasteiger partial charge in [0.2, 0.25) is 5.78 Å². The molecule has 3 rings (SSSR count). The van der Waals surface area contributed by atoms with Crippen LogP contribution >= 0.6 is 0 Å². The molecule has 0 saturated heterocycles. The van der Waals surface area contributed by atoms with Crippen molar-refractivity contribution < 1.29 is 4.79 Å². The number of ketones is 1. The predicted molar refractivity (Wildman–Crippen MR) is 70.6 cm³/mol. The number of rotatable bonds is 2. The molecule has 0 saturated carbocycles. The number of carbonyl (C=O) groups is 1. The number of nitrogens with one attached hydrogen (secondary N) is 1. The van der Waals surface area contributed by atoms with Gasteiger partial charge in [-0.3, -0.25) is 4.79 Å². The van der Waals surface area contributed by atoms with E-state index in [0.717, 1.165) is 23.4 Å². The Morgan fingerprint density at radius 3 is 3.00 bits per heavy atom. The predicted octanol–water partition coefficient (Wildman–Crippen LogP) is 0.867. The monoisotopic (exact) mass is 249 g/mol. The molecular weight excluding hydrogens is 238 g/mol. The van der Waals surface area contributed by atoms with E-state index in [4.69, 9.17) is 5.26 Å². The van der Waals surface area contributed by atoms with Crippen LogP contribution in [0.5, 0.6) is 0 Å². The van der Waals surface area contributed by atoms with Crippen molar-refractivity contribution >= 4 is 17.9 Å². The third kappa shape index (κ3) is 1.95. The lowest BCUT2D eigenvalue weighted by molar-refractivity contribution is 0.103. The third-order valence-electron chi connectivity index (χ3n) is 3.16. The Kier molecular flexibility index (Phi) is 2.73. The molecule has 2 aromatic heterocycles. The van der Waals surface area contributed by atoms with E-state index in [1.54, 1.807) is 24.4 Å². The van der Waals surface area contributed by atoms with Crippen LogP contribution in [0, 0.1) is 11.3 Å². The highest BCUT2D eigenvalue weighted by molar-refractivity contribution is 6.07. The van der Waals surface area contributed by atoms with Crippen molar-refractivity contribution in [2.45, 2.75) is 12.8 Å². The first-order valence-electron chi connectivity index (χ1n) is 6.09. The van der Waals surface area contributed by atoms with Gasteiger partial charge in [-0.25, -0.2) is 4.98 Å². The number of hydrogen-bond acceptors (Lipinski definition) is 3. The van der Waals surface area contributed by atoms with Crippen LogP contribution in [0.4, 0.5) is 0 Å². The summed E-state index contributed by atoms with van der Waals surface area (Å²) in [5.74, 6) is -0.152. The summed E-state index contributed by atoms with van der Waals surface area (Å²) in [4.78, 5) is 19.6. The molecule has 4 heteroatoms. The number of fused-ring (bicyclic) bond motifs is 1. The molecule has 2 aromatic rings. The Bertz CT molecular complexity index is 809. The molecule has 92 valence electrons. The Hall–Kier alpha value is -2.67. The summed E-state index contributed by atoms with van der Waals surface area (Å²) in [6, 6.07) is 6.84. The van der Waals surface area contributed by atoms with Gasteiger partial charge in [0.05, 0.1) is 0 Å². The van der Waals surface area contributed by atoms with Gasteiger partial charge in [-0.05, 0) is 25.0 Å². The fourth-order valence-electron chi connectivity index (χ4n) is 2.24. The molecular formula is C15H11N3O. The maximum atomic E-state index is 12.4. The van der Waals surface area contributed by atoms with Gasteiger partial charge < -0.3 is 4.98 Å². The minimum Gasteiger partial charge on any atom is -0.361 e. The number of carbonyl (C=O) groups excluding carboxylic acids is 1. The number of aromatic amines is 1. The Balaban J connectivity index is 2.11. The van der Waals surface area contributed by atoms with Crippen molar-refractivity contribution in [1.29, 1.82) is 5.26 Å². The molecule has 4 nitrogen and oxygen atoms in total. The maximum absolute atomic E-state index is 12.4. The van der Waals surface area contributed by atoms with Crippen LogP contribution in [-0.4, -0.2) is 15.8 Å². The molecule has 0 radical (unpaired) electrons. The van der Waals surface area contributed by atoms with Gasteiger partial charge in [0, 0.05) is 22.3 Å². The lowest BCUT2D eigenvalue weighted by Crippen LogP contribution is -2.29. The molecule has 0 aromatic carbocycles. The first-order valence-corrected chi connectivity index (χ1v) is 6.09. The highest BCUT2D eigenvalue weighted by Crippen LogP contribution is 2.05. The van der Waals surface area contributed by atoms with Crippen molar-refractivity contribution in [3.63, 3.8) is 0 Å². The molecule has 0 amide bonds. The lowest BCUT2D eigenvalue weighted by atomic mass is 10.1. The summed E-state index contributed by atoms with van der Waals surface area (Å²) >= 11 is 0. The second-order valence-corrected chi connectivity index (χ2v) is 4.36. The van der Waals surface area contributed by atoms with Crippen molar-refractivity contribution in [3.05, 3.63) is 51.9 Å². The zero-order valence-corrected chi connectivity index (χ0v) is 10.2. The quantitative estimate of drug-likeness (QED) is 0.803. The summed E-state index contributed by atoms with van der Waals surface area (Å²) in [5.41, 5.74) is 1.18. The normalized spacial score (nSPS) is 12.8. The molecule has 1 aliphatic carbocycles. The zero-order chi connectivity index (χ0) is 13.2. The number of aromatic nitrogens is 2. The van der Waals surface area contributed by atoms with Crippen LogP contribution in [-0.2, 0) is 0 Å². The van der Waals surface area contributed by atoms with Crippen molar-refractivity contribution in [1.82, 2.24) is 9.97 Å². The topological polar surface area (TPSA) is 69.5 Å². The van der Waals surface area contributed by atoms with E-state index < -0.39 is 0 Å². The largest absolute Gasteiger partial charge is 0.361 e. The van der Waals surface area contributed by atoms with Crippen LogP contribution < -0.4 is 10.6 Å². The molecule has 0 spiro atoms. The Labute approximate surface area is 109 Å². The highest BCUT2D eigenvalue weighted by atomic mass is 16.1. The van der Waals surface area contributed by atoms with E-state index in [-0.39, 0.29) is 11.5 Å². The third-order valence-corrected chi connectivity index (χ3v) is 3.16. The minimum atomic E-state index is -0.152. The fourth-order valence-corrected chi connectivity index (χ4v) is 2.24. The maximum Gasteiger partial charge on any atom is 0.213 e. The molecule has 0 bridgehead atoms. The number of H-pyrrole nitrogens is 1. The molecule has 1 N–H and O–H groups in total. The first-order chi connectivity index (χ1) is 9.29. The SMILES string of the molecule is N#Cc1cccc(C(=O)c2c[nH]c3c2=CCCC=3)n1. The van der Waals surface area contributed by atoms with Crippen LogP contribution in [0.3, 0.4) is 0 Å². The molecule has 0 unspecified atom stereocenters. The number of hydrogen-bond donors (Lipinski definition) is 1. The van der Waals surface area contributed by atoms with E-state index in [0.29, 0.717) is 11.3 Å². The zero-order valence-electron chi connectivity index (χ0n) is 10.2. The summed E-state index contributed by atoms with van der Waals surface area (Å²) in [5, 5.41) is 10.8. The molecule has 2 heterocycles. The van der Waals surface area contributed by atoms with E-state index in [2.05, 4.69) is 22.1 Å². The van der Waals surface area contributed by atoms with Gasteiger partial charge in [-0.15, -0.1) is 0 Å². The highest BCUT2D eigenvalue weighted by Gasteiger charge is 2.15. The van der Waals surface area contributed by atoms with Crippen molar-refractivity contribution in [2.75, 3.05) is 0 Å². The fraction of sp³-hybridized carbons (Fsp3) is 0.133. The summed E-state index contributed by atoms with van der Waals surface area (Å²) in [6.07, 6.45) is 7.80. The molecule has 0 fully saturated rings. The smallest absolute Gasteiger partial charge is 0.213 e. The number of nitriles is 1. The van der Waals surface area contributed by atoms with E-state index in [1.165, 1.54) is 0 Å². The summed E-state index contributed by atoms with van der Waals surface area (Å²) in [6.45, 7) is 0. The Morgan fingerprint density at radius 2 is 2.16 bits per heavy atom. The van der Waals surface area contributed by atoms with Gasteiger partial charge >= 0.3 is 0 Å². The first kappa shape index (κ1) is 11.4. The Morgan fingerprint density at radius 1 is 1.32 bits per heavy atom. The van der Waals surface area contributed by atoms with Crippen molar-refractivity contribution in [3.8, 4) is 6.07 Å². The van der Waals surface area contributed by atoms with Crippen LogP contribution in [0.1, 0.15) is 34.6 Å². The van der Waals surface area contributed by atoms with E-state index in [9.17, 15) is 4.79 Å². The molecule has 1 aliphatic rings. The molecule has 0 aliphatic heterocycles. The summed E-state index contributed by atoms with van der Waals surface area (Å²) < 4.78 is 0. The second kappa shape index (κ2) is 4.54. The average Bonchev–Trinajstić information content (AvgIpc) is 2.90. The second-order valence-electron chi connectivity index (χ2n) is 4.36. The number of nitrogens with zero attached hydrogens (tertiary/aromatic N) is 2. The standard InChI is InChI=1S/C15H11N3O/c16-8-10-4-3-7-14(18-10)15(19)12-9-17-13-6-2-1-5-11(12)13/h3-7,9,17H,1-2H2. The van der Waals surface area contributed by atoms with Gasteiger partial charge in [0.1, 0.15) is 17.5 Å². The van der Waals surface area contributed by atoms with Gasteiger partial charge in [-0.2, -0.15) is 5.26 Å².